The summed E-state index contributed by atoms with van der Waals surface area (Å²) in [6, 6.07) is 11.5. The molecule has 2 aromatic carbocycles. The third-order valence-electron chi connectivity index (χ3n) is 3.92. The molecular weight excluding hydrogens is 440 g/mol. The predicted molar refractivity (Wildman–Crippen MR) is 124 cm³/mol. The van der Waals surface area contributed by atoms with E-state index < -0.39 is 17.6 Å². The maximum atomic E-state index is 13.5. The molecule has 1 heterocycles. The number of nitrogens with two attached hydrogens (primary N) is 1. The minimum Gasteiger partial charge on any atom is -0.349 e. The van der Waals surface area contributed by atoms with E-state index in [0.29, 0.717) is 18.8 Å². The number of hydrogen-bond donors (Lipinski definition) is 2. The van der Waals surface area contributed by atoms with Crippen molar-refractivity contribution in [3.8, 4) is 6.07 Å². The molecule has 3 N–H and O–H groups in total. The van der Waals surface area contributed by atoms with Crippen molar-refractivity contribution < 1.29 is 17.6 Å². The molecule has 172 valence electrons. The van der Waals surface area contributed by atoms with E-state index in [9.17, 15) is 17.6 Å². The number of alkyl halides is 3. The molecule has 0 fully saturated rings. The summed E-state index contributed by atoms with van der Waals surface area (Å²) in [7, 11) is 0. The Hall–Kier alpha value is -2.83. The number of rotatable bonds is 3. The summed E-state index contributed by atoms with van der Waals surface area (Å²) in [6.45, 7) is 6.87. The van der Waals surface area contributed by atoms with Crippen LogP contribution in [0, 0.1) is 24.1 Å². The van der Waals surface area contributed by atoms with Crippen LogP contribution >= 0.6 is 11.8 Å². The van der Waals surface area contributed by atoms with E-state index in [1.54, 1.807) is 31.0 Å². The minimum atomic E-state index is -4.21. The summed E-state index contributed by atoms with van der Waals surface area (Å²) in [6.07, 6.45) is -2.42. The second kappa shape index (κ2) is 13.6. The summed E-state index contributed by atoms with van der Waals surface area (Å²) in [5.74, 6) is 1.07. The lowest BCUT2D eigenvalue weighted by atomic mass is 10.1. The highest BCUT2D eigenvalue weighted by molar-refractivity contribution is 8.09. The summed E-state index contributed by atoms with van der Waals surface area (Å²) < 4.78 is 49.3. The van der Waals surface area contributed by atoms with Gasteiger partial charge < -0.3 is 11.1 Å². The monoisotopic (exact) mass is 466 g/mol. The van der Waals surface area contributed by atoms with Crippen molar-refractivity contribution in [2.75, 3.05) is 18.8 Å². The molecule has 0 saturated heterocycles. The number of aryl methyl sites for hydroxylation is 1. The number of aliphatic imine (C=N–C) groups is 1. The second-order valence-corrected chi connectivity index (χ2v) is 7.25. The molecule has 0 unspecified atom stereocenters. The van der Waals surface area contributed by atoms with Gasteiger partial charge in [-0.2, -0.15) is 18.4 Å². The van der Waals surface area contributed by atoms with Gasteiger partial charge >= 0.3 is 6.18 Å². The van der Waals surface area contributed by atoms with Gasteiger partial charge in [-0.15, -0.1) is 11.8 Å². The average molecular weight is 467 g/mol. The SMILES string of the molecule is CC.Cc1ccc(C(F)(F)F)cc1.N#Cc1ccc(C2=CNC(=NCCN)CS2)cc1F. The lowest BCUT2D eigenvalue weighted by Gasteiger charge is -2.16. The zero-order valence-electron chi connectivity index (χ0n) is 18.1. The van der Waals surface area contributed by atoms with Gasteiger partial charge in [0.05, 0.1) is 23.4 Å². The Morgan fingerprint density at radius 1 is 1.16 bits per heavy atom. The zero-order chi connectivity index (χ0) is 24.1. The molecule has 9 heteroatoms. The van der Waals surface area contributed by atoms with Gasteiger partial charge in [0, 0.05) is 17.6 Å². The van der Waals surface area contributed by atoms with Gasteiger partial charge in [0.2, 0.25) is 0 Å². The van der Waals surface area contributed by atoms with E-state index in [1.165, 1.54) is 24.3 Å². The molecule has 1 aliphatic heterocycles. The van der Waals surface area contributed by atoms with Crippen molar-refractivity contribution in [3.05, 3.63) is 76.7 Å². The van der Waals surface area contributed by atoms with Gasteiger partial charge in [-0.25, -0.2) is 4.39 Å². The summed E-state index contributed by atoms with van der Waals surface area (Å²) in [5, 5.41) is 11.8. The van der Waals surface area contributed by atoms with E-state index in [2.05, 4.69) is 10.3 Å². The Balaban J connectivity index is 0.000000335. The van der Waals surface area contributed by atoms with Gasteiger partial charge in [-0.3, -0.25) is 4.99 Å². The molecular formula is C23H26F4N4S. The molecule has 32 heavy (non-hydrogen) atoms. The van der Waals surface area contributed by atoms with Gasteiger partial charge in [-0.05, 0) is 36.8 Å². The summed E-state index contributed by atoms with van der Waals surface area (Å²) >= 11 is 1.57. The molecule has 1 aliphatic rings. The summed E-state index contributed by atoms with van der Waals surface area (Å²) in [4.78, 5) is 5.20. The quantitative estimate of drug-likeness (QED) is 0.567. The van der Waals surface area contributed by atoms with Crippen LogP contribution in [0.3, 0.4) is 0 Å². The molecule has 0 bridgehead atoms. The molecule has 0 amide bonds. The molecule has 0 atom stereocenters. The molecule has 0 spiro atoms. The lowest BCUT2D eigenvalue weighted by molar-refractivity contribution is -0.137. The Morgan fingerprint density at radius 2 is 1.81 bits per heavy atom. The van der Waals surface area contributed by atoms with E-state index in [1.807, 2.05) is 19.9 Å². The van der Waals surface area contributed by atoms with Crippen LogP contribution in [0.5, 0.6) is 0 Å². The van der Waals surface area contributed by atoms with Gasteiger partial charge in [0.25, 0.3) is 0 Å². The maximum absolute atomic E-state index is 13.5. The highest BCUT2D eigenvalue weighted by Gasteiger charge is 2.29. The highest BCUT2D eigenvalue weighted by Crippen LogP contribution is 2.30. The Bertz CT molecular complexity index is 961. The van der Waals surface area contributed by atoms with Crippen LogP contribution in [0.15, 0.2) is 53.7 Å². The number of hydrogen-bond acceptors (Lipinski definition) is 4. The number of nitrogens with zero attached hydrogens (tertiary/aromatic N) is 2. The summed E-state index contributed by atoms with van der Waals surface area (Å²) in [5.41, 5.74) is 6.44. The minimum absolute atomic E-state index is 0.0586. The lowest BCUT2D eigenvalue weighted by Crippen LogP contribution is -2.25. The van der Waals surface area contributed by atoms with E-state index in [0.717, 1.165) is 34.0 Å². The van der Waals surface area contributed by atoms with Crippen molar-refractivity contribution in [2.45, 2.75) is 26.9 Å². The fourth-order valence-electron chi connectivity index (χ4n) is 2.34. The van der Waals surface area contributed by atoms with E-state index in [4.69, 9.17) is 11.0 Å². The fraction of sp³-hybridized carbons (Fsp3) is 0.304. The van der Waals surface area contributed by atoms with Crippen molar-refractivity contribution >= 4 is 22.5 Å². The predicted octanol–water partition coefficient (Wildman–Crippen LogP) is 5.73. The number of thioether (sulfide) groups is 1. The topological polar surface area (TPSA) is 74.2 Å². The van der Waals surface area contributed by atoms with Crippen LogP contribution in [0.1, 0.15) is 36.1 Å². The number of nitriles is 1. The van der Waals surface area contributed by atoms with Crippen molar-refractivity contribution in [1.29, 1.82) is 5.26 Å². The normalized spacial score (nSPS) is 14.1. The second-order valence-electron chi connectivity index (χ2n) is 6.23. The van der Waals surface area contributed by atoms with Crippen LogP contribution in [-0.4, -0.2) is 24.7 Å². The molecule has 0 radical (unpaired) electrons. The molecule has 2 aromatic rings. The molecule has 0 saturated carbocycles. The number of nitrogens with one attached hydrogen (secondary N) is 1. The highest BCUT2D eigenvalue weighted by atomic mass is 32.2. The van der Waals surface area contributed by atoms with Gasteiger partial charge in [0.1, 0.15) is 17.7 Å². The Kier molecular flexibility index (Phi) is 11.5. The van der Waals surface area contributed by atoms with Crippen LogP contribution in [0.25, 0.3) is 4.91 Å². The van der Waals surface area contributed by atoms with E-state index >= 15 is 0 Å². The third-order valence-corrected chi connectivity index (χ3v) is 5.00. The fourth-order valence-corrected chi connectivity index (χ4v) is 3.24. The first kappa shape index (κ1) is 27.2. The van der Waals surface area contributed by atoms with E-state index in [-0.39, 0.29) is 5.56 Å². The van der Waals surface area contributed by atoms with Crippen LogP contribution in [-0.2, 0) is 6.18 Å². The van der Waals surface area contributed by atoms with Crippen molar-refractivity contribution in [3.63, 3.8) is 0 Å². The van der Waals surface area contributed by atoms with Crippen LogP contribution in [0.4, 0.5) is 17.6 Å². The maximum Gasteiger partial charge on any atom is 0.416 e. The first-order valence-electron chi connectivity index (χ1n) is 9.91. The molecule has 3 rings (SSSR count). The first-order valence-corrected chi connectivity index (χ1v) is 10.9. The zero-order valence-corrected chi connectivity index (χ0v) is 18.9. The van der Waals surface area contributed by atoms with Crippen LogP contribution < -0.4 is 11.1 Å². The number of amidine groups is 1. The molecule has 4 nitrogen and oxygen atoms in total. The number of halogens is 4. The third kappa shape index (κ3) is 8.73. The van der Waals surface area contributed by atoms with Gasteiger partial charge in [0.15, 0.2) is 0 Å². The van der Waals surface area contributed by atoms with Crippen LogP contribution in [0.2, 0.25) is 0 Å². The van der Waals surface area contributed by atoms with Crippen molar-refractivity contribution in [1.82, 2.24) is 5.32 Å². The Labute approximate surface area is 190 Å². The largest absolute Gasteiger partial charge is 0.416 e. The average Bonchev–Trinajstić information content (AvgIpc) is 2.79. The molecule has 0 aliphatic carbocycles. The standard InChI is InChI=1S/C13H13FN4S.C8H7F3.C2H6/c14-11-5-9(1-2-10(11)6-16)12-7-18-13(8-19-12)17-4-3-15;1-6-2-4-7(5-3-6)8(9,10)11;1-2/h1-2,5,7H,3-4,8,15H2,(H,17,18);2-5H,1H3;1-2H3. The smallest absolute Gasteiger partial charge is 0.349 e. The molecule has 0 aromatic heterocycles. The van der Waals surface area contributed by atoms with Gasteiger partial charge in [-0.1, -0.05) is 37.6 Å². The first-order chi connectivity index (χ1) is 15.2. The Morgan fingerprint density at radius 3 is 2.28 bits per heavy atom. The number of benzene rings is 2. The van der Waals surface area contributed by atoms with Crippen molar-refractivity contribution in [2.24, 2.45) is 10.7 Å².